The van der Waals surface area contributed by atoms with Crippen LogP contribution in [0.15, 0.2) is 47.4 Å². The number of carboxylic acids is 1. The van der Waals surface area contributed by atoms with Gasteiger partial charge < -0.3 is 5.11 Å². The van der Waals surface area contributed by atoms with Gasteiger partial charge in [0.25, 0.3) is 10.0 Å². The fourth-order valence-corrected chi connectivity index (χ4v) is 5.54. The Bertz CT molecular complexity index is 1180. The number of nitrogens with zero attached hydrogens (tertiary/aromatic N) is 2. The lowest BCUT2D eigenvalue weighted by molar-refractivity contribution is 0.0697. The van der Waals surface area contributed by atoms with Crippen molar-refractivity contribution in [2.45, 2.75) is 18.7 Å². The van der Waals surface area contributed by atoms with Crippen molar-refractivity contribution in [2.75, 3.05) is 10.8 Å². The zero-order chi connectivity index (χ0) is 21.3. The van der Waals surface area contributed by atoms with Crippen LogP contribution in [0.5, 0.6) is 0 Å². The lowest BCUT2D eigenvalue weighted by Crippen LogP contribution is -2.31. The first-order valence-electron chi connectivity index (χ1n) is 8.44. The Morgan fingerprint density at radius 3 is 2.41 bits per heavy atom. The highest BCUT2D eigenvalue weighted by Gasteiger charge is 2.29. The Hall–Kier alpha value is -2.13. The minimum absolute atomic E-state index is 0.0330. The first-order chi connectivity index (χ1) is 13.6. The summed E-state index contributed by atoms with van der Waals surface area (Å²) in [6.45, 7) is 3.60. The van der Waals surface area contributed by atoms with Gasteiger partial charge in [-0.3, -0.25) is 0 Å². The smallest absolute Gasteiger partial charge is 0.337 e. The van der Waals surface area contributed by atoms with Gasteiger partial charge in [0.05, 0.1) is 15.5 Å². The molecular weight excluding hydrogens is 455 g/mol. The van der Waals surface area contributed by atoms with Gasteiger partial charge in [-0.25, -0.2) is 22.5 Å². The van der Waals surface area contributed by atoms with Crippen LogP contribution in [0.3, 0.4) is 0 Å². The maximum Gasteiger partial charge on any atom is 0.337 e. The first kappa shape index (κ1) is 21.6. The largest absolute Gasteiger partial charge is 0.478 e. The van der Waals surface area contributed by atoms with Crippen LogP contribution < -0.4 is 4.31 Å². The number of sulfonamides is 1. The summed E-state index contributed by atoms with van der Waals surface area (Å²) in [7, 11) is -4.04. The quantitative estimate of drug-likeness (QED) is 0.525. The highest BCUT2D eigenvalue weighted by Crippen LogP contribution is 2.35. The average Bonchev–Trinajstić information content (AvgIpc) is 3.04. The molecule has 0 fully saturated rings. The number of hydrogen-bond donors (Lipinski definition) is 1. The molecule has 1 N–H and O–H groups in total. The first-order valence-corrected chi connectivity index (χ1v) is 11.5. The normalized spacial score (nSPS) is 11.4. The third kappa shape index (κ3) is 4.25. The number of aromatic carboxylic acids is 1. The van der Waals surface area contributed by atoms with Crippen molar-refractivity contribution in [1.82, 2.24) is 4.98 Å². The Labute approximate surface area is 182 Å². The maximum atomic E-state index is 13.2. The van der Waals surface area contributed by atoms with E-state index in [-0.39, 0.29) is 22.0 Å². The van der Waals surface area contributed by atoms with Gasteiger partial charge in [-0.2, -0.15) is 0 Å². The van der Waals surface area contributed by atoms with Crippen molar-refractivity contribution >= 4 is 56.3 Å². The van der Waals surface area contributed by atoms with E-state index < -0.39 is 16.0 Å². The molecule has 2 aromatic carbocycles. The molecule has 0 saturated carbocycles. The van der Waals surface area contributed by atoms with Gasteiger partial charge in [-0.15, -0.1) is 11.3 Å². The molecule has 0 atom stereocenters. The maximum absolute atomic E-state index is 13.2. The van der Waals surface area contributed by atoms with Crippen molar-refractivity contribution < 1.29 is 18.3 Å². The van der Waals surface area contributed by atoms with Gasteiger partial charge in [0.2, 0.25) is 0 Å². The van der Waals surface area contributed by atoms with Gasteiger partial charge in [-0.05, 0) is 44.2 Å². The second kappa shape index (κ2) is 8.31. The highest BCUT2D eigenvalue weighted by atomic mass is 35.5. The SMILES string of the molecule is CCN(c1nc(-c2ccc(Cl)cc2)sc1C)S(=O)(=O)c1ccc(Cl)c(C(=O)O)c1. The lowest BCUT2D eigenvalue weighted by Gasteiger charge is -2.21. The molecule has 6 nitrogen and oxygen atoms in total. The molecule has 0 aliphatic carbocycles. The van der Waals surface area contributed by atoms with Crippen LogP contribution in [0.2, 0.25) is 10.0 Å². The number of thiazole rings is 1. The number of carboxylic acid groups (broad SMARTS) is 1. The highest BCUT2D eigenvalue weighted by molar-refractivity contribution is 7.92. The summed E-state index contributed by atoms with van der Waals surface area (Å²) in [5.74, 6) is -1.00. The van der Waals surface area contributed by atoms with E-state index in [1.165, 1.54) is 23.5 Å². The van der Waals surface area contributed by atoms with Crippen LogP contribution in [0.4, 0.5) is 5.82 Å². The van der Waals surface area contributed by atoms with E-state index in [9.17, 15) is 18.3 Å². The van der Waals surface area contributed by atoms with Crippen LogP contribution in [0.1, 0.15) is 22.2 Å². The molecule has 0 spiro atoms. The van der Waals surface area contributed by atoms with Crippen molar-refractivity contribution in [2.24, 2.45) is 0 Å². The molecule has 152 valence electrons. The monoisotopic (exact) mass is 470 g/mol. The summed E-state index contributed by atoms with van der Waals surface area (Å²) in [5, 5.41) is 10.5. The fraction of sp³-hybridized carbons (Fsp3) is 0.158. The second-order valence-electron chi connectivity index (χ2n) is 6.02. The average molecular weight is 471 g/mol. The Morgan fingerprint density at radius 1 is 1.17 bits per heavy atom. The zero-order valence-electron chi connectivity index (χ0n) is 15.4. The van der Waals surface area contributed by atoms with Crippen LogP contribution in [0, 0.1) is 6.92 Å². The molecule has 0 radical (unpaired) electrons. The van der Waals surface area contributed by atoms with Crippen LogP contribution >= 0.6 is 34.5 Å². The van der Waals surface area contributed by atoms with E-state index in [1.54, 1.807) is 26.0 Å². The van der Waals surface area contributed by atoms with E-state index in [0.29, 0.717) is 20.7 Å². The fourth-order valence-electron chi connectivity index (χ4n) is 2.73. The van der Waals surface area contributed by atoms with E-state index in [2.05, 4.69) is 4.98 Å². The number of halogens is 2. The molecule has 0 saturated heterocycles. The topological polar surface area (TPSA) is 87.6 Å². The number of anilines is 1. The van der Waals surface area contributed by atoms with Gasteiger partial charge in [-0.1, -0.05) is 35.3 Å². The summed E-state index contributed by atoms with van der Waals surface area (Å²) < 4.78 is 27.6. The summed E-state index contributed by atoms with van der Waals surface area (Å²) in [6, 6.07) is 10.7. The molecule has 29 heavy (non-hydrogen) atoms. The van der Waals surface area contributed by atoms with E-state index >= 15 is 0 Å². The van der Waals surface area contributed by atoms with Crippen molar-refractivity contribution in [1.29, 1.82) is 0 Å². The van der Waals surface area contributed by atoms with Gasteiger partial charge >= 0.3 is 5.97 Å². The number of aromatic nitrogens is 1. The minimum Gasteiger partial charge on any atom is -0.478 e. The van der Waals surface area contributed by atoms with Gasteiger partial charge in [0.1, 0.15) is 5.01 Å². The third-order valence-electron chi connectivity index (χ3n) is 4.14. The molecule has 3 aromatic rings. The summed E-state index contributed by atoms with van der Waals surface area (Å²) in [5.41, 5.74) is 0.544. The van der Waals surface area contributed by atoms with Crippen LogP contribution in [-0.4, -0.2) is 31.0 Å². The zero-order valence-corrected chi connectivity index (χ0v) is 18.5. The van der Waals surface area contributed by atoms with E-state index in [0.717, 1.165) is 15.9 Å². The minimum atomic E-state index is -4.04. The van der Waals surface area contributed by atoms with Crippen molar-refractivity contribution in [3.8, 4) is 10.6 Å². The number of benzene rings is 2. The number of rotatable bonds is 6. The predicted octanol–water partition coefficient (Wildman–Crippen LogP) is 5.34. The van der Waals surface area contributed by atoms with Crippen molar-refractivity contribution in [3.63, 3.8) is 0 Å². The molecule has 10 heteroatoms. The summed E-state index contributed by atoms with van der Waals surface area (Å²) in [6.07, 6.45) is 0. The molecule has 0 aliphatic rings. The Kier molecular flexibility index (Phi) is 6.19. The molecule has 0 aliphatic heterocycles. The van der Waals surface area contributed by atoms with Crippen LogP contribution in [0.25, 0.3) is 10.6 Å². The third-order valence-corrected chi connectivity index (χ3v) is 7.59. The number of hydrogen-bond acceptors (Lipinski definition) is 5. The molecule has 0 amide bonds. The van der Waals surface area contributed by atoms with Gasteiger partial charge in [0.15, 0.2) is 5.82 Å². The van der Waals surface area contributed by atoms with Gasteiger partial charge in [0, 0.05) is 22.0 Å². The standard InChI is InChI=1S/C19H16Cl2N2O4S2/c1-3-23(29(26,27)14-8-9-16(21)15(10-14)19(24)25)17-11(2)28-18(22-17)12-4-6-13(20)7-5-12/h4-10H,3H2,1-2H3,(H,24,25). The second-order valence-corrected chi connectivity index (χ2v) is 9.93. The van der Waals surface area contributed by atoms with Crippen molar-refractivity contribution in [3.05, 3.63) is 63.0 Å². The van der Waals surface area contributed by atoms with E-state index in [1.807, 2.05) is 12.1 Å². The molecule has 1 heterocycles. The summed E-state index contributed by atoms with van der Waals surface area (Å²) in [4.78, 5) is 16.4. The Morgan fingerprint density at radius 2 is 1.83 bits per heavy atom. The predicted molar refractivity (Wildman–Crippen MR) is 116 cm³/mol. The Balaban J connectivity index is 2.06. The molecular formula is C19H16Cl2N2O4S2. The van der Waals surface area contributed by atoms with Crippen LogP contribution in [-0.2, 0) is 10.0 Å². The number of aryl methyl sites for hydroxylation is 1. The molecule has 1 aromatic heterocycles. The molecule has 3 rings (SSSR count). The molecule has 0 bridgehead atoms. The number of carbonyl (C=O) groups is 1. The summed E-state index contributed by atoms with van der Waals surface area (Å²) >= 11 is 13.2. The molecule has 0 unspecified atom stereocenters. The van der Waals surface area contributed by atoms with E-state index in [4.69, 9.17) is 23.2 Å². The lowest BCUT2D eigenvalue weighted by atomic mass is 10.2.